The Bertz CT molecular complexity index is 1230. The van der Waals surface area contributed by atoms with Gasteiger partial charge in [0.2, 0.25) is 10.0 Å². The highest BCUT2D eigenvalue weighted by Crippen LogP contribution is 2.40. The summed E-state index contributed by atoms with van der Waals surface area (Å²) in [6.45, 7) is 3.69. The maximum Gasteiger partial charge on any atom is 0.263 e. The zero-order valence-corrected chi connectivity index (χ0v) is 19.7. The van der Waals surface area contributed by atoms with Gasteiger partial charge in [-0.15, -0.1) is 0 Å². The van der Waals surface area contributed by atoms with Crippen LogP contribution in [0.2, 0.25) is 0 Å². The van der Waals surface area contributed by atoms with Crippen molar-refractivity contribution >= 4 is 27.7 Å². The Morgan fingerprint density at radius 2 is 1.94 bits per heavy atom. The monoisotopic (exact) mass is 488 g/mol. The third-order valence-corrected chi connectivity index (χ3v) is 8.65. The van der Waals surface area contributed by atoms with Gasteiger partial charge in [-0.05, 0) is 50.2 Å². The minimum absolute atomic E-state index is 0.0536. The highest BCUT2D eigenvalue weighted by Gasteiger charge is 2.48. The first-order valence-corrected chi connectivity index (χ1v) is 12.6. The molecule has 0 radical (unpaired) electrons. The summed E-state index contributed by atoms with van der Waals surface area (Å²) >= 11 is 1.48. The van der Waals surface area contributed by atoms with Crippen molar-refractivity contribution in [3.05, 3.63) is 67.3 Å². The summed E-state index contributed by atoms with van der Waals surface area (Å²) in [5.74, 6) is 0.345. The Hall–Kier alpha value is -2.86. The number of benzene rings is 2. The summed E-state index contributed by atoms with van der Waals surface area (Å²) < 4.78 is 35.6. The second-order valence-electron chi connectivity index (χ2n) is 7.96. The molecule has 1 atom stereocenters. The van der Waals surface area contributed by atoms with E-state index in [9.17, 15) is 18.4 Å². The van der Waals surface area contributed by atoms with Gasteiger partial charge in [0.1, 0.15) is 22.4 Å². The quantitative estimate of drug-likeness (QED) is 0.405. The van der Waals surface area contributed by atoms with E-state index in [-0.39, 0.29) is 17.2 Å². The number of hydrogen-bond donors (Lipinski definition) is 2. The lowest BCUT2D eigenvalue weighted by Crippen LogP contribution is -2.61. The van der Waals surface area contributed by atoms with Gasteiger partial charge in [-0.3, -0.25) is 10.0 Å². The lowest BCUT2D eigenvalue weighted by molar-refractivity contribution is -0.134. The molecule has 1 fully saturated rings. The molecule has 1 aliphatic heterocycles. The van der Waals surface area contributed by atoms with Gasteiger partial charge in [0.25, 0.3) is 5.91 Å². The average molecular weight is 489 g/mol. The molecule has 0 saturated carbocycles. The van der Waals surface area contributed by atoms with Crippen LogP contribution in [-0.4, -0.2) is 56.5 Å². The van der Waals surface area contributed by atoms with E-state index in [0.29, 0.717) is 11.5 Å². The molecule has 11 heteroatoms. The van der Waals surface area contributed by atoms with Crippen molar-refractivity contribution in [2.45, 2.75) is 29.5 Å². The van der Waals surface area contributed by atoms with Crippen LogP contribution in [0.3, 0.4) is 0 Å². The molecule has 9 nitrogen and oxygen atoms in total. The van der Waals surface area contributed by atoms with Crippen LogP contribution in [-0.2, 0) is 14.8 Å². The number of aromatic nitrogens is 2. The van der Waals surface area contributed by atoms with Gasteiger partial charge < -0.3 is 9.30 Å². The number of carbonyl (C=O) groups is 1. The first-order chi connectivity index (χ1) is 15.7. The normalized spacial score (nSPS) is 18.6. The van der Waals surface area contributed by atoms with E-state index in [1.54, 1.807) is 62.2 Å². The molecule has 4 rings (SSSR count). The van der Waals surface area contributed by atoms with Crippen molar-refractivity contribution in [1.82, 2.24) is 19.3 Å². The van der Waals surface area contributed by atoms with Crippen molar-refractivity contribution in [3.8, 4) is 17.2 Å². The maximum absolute atomic E-state index is 13.7. The number of carbonyl (C=O) groups excluding carboxylic acids is 1. The summed E-state index contributed by atoms with van der Waals surface area (Å²) in [6.07, 6.45) is 5.17. The lowest BCUT2D eigenvalue weighted by Gasteiger charge is -2.43. The van der Waals surface area contributed by atoms with Crippen molar-refractivity contribution in [1.29, 1.82) is 0 Å². The number of amides is 1. The number of ether oxygens (including phenoxy) is 1. The smallest absolute Gasteiger partial charge is 0.263 e. The first kappa shape index (κ1) is 23.3. The summed E-state index contributed by atoms with van der Waals surface area (Å²) in [5.41, 5.74) is 2.50. The number of hydroxylamine groups is 1. The van der Waals surface area contributed by atoms with E-state index in [4.69, 9.17) is 4.74 Å². The second kappa shape index (κ2) is 9.18. The Morgan fingerprint density at radius 1 is 1.21 bits per heavy atom. The Morgan fingerprint density at radius 3 is 2.61 bits per heavy atom. The molecule has 1 amide bonds. The SMILES string of the molecule is CC1(C)SCCN(S(=O)(=O)c2ccccc2Oc2ccc(-n3ccnc3)cc2)[C@@H]1C(=O)NO. The Labute approximate surface area is 196 Å². The van der Waals surface area contributed by atoms with Gasteiger partial charge in [0.05, 0.1) is 6.33 Å². The van der Waals surface area contributed by atoms with Gasteiger partial charge in [0.15, 0.2) is 0 Å². The highest BCUT2D eigenvalue weighted by molar-refractivity contribution is 8.01. The van der Waals surface area contributed by atoms with Crippen LogP contribution in [0.1, 0.15) is 13.8 Å². The summed E-state index contributed by atoms with van der Waals surface area (Å²) in [4.78, 5) is 16.4. The maximum atomic E-state index is 13.7. The minimum Gasteiger partial charge on any atom is -0.456 e. The van der Waals surface area contributed by atoms with Gasteiger partial charge in [0, 0.05) is 35.1 Å². The first-order valence-electron chi connectivity index (χ1n) is 10.2. The predicted octanol–water partition coefficient (Wildman–Crippen LogP) is 3.05. The summed E-state index contributed by atoms with van der Waals surface area (Å²) in [6, 6.07) is 12.4. The molecule has 0 bridgehead atoms. The van der Waals surface area contributed by atoms with Crippen LogP contribution in [0.25, 0.3) is 5.69 Å². The number of rotatable bonds is 6. The lowest BCUT2D eigenvalue weighted by atomic mass is 10.0. The molecule has 1 saturated heterocycles. The molecule has 1 aliphatic rings. The predicted molar refractivity (Wildman–Crippen MR) is 124 cm³/mol. The number of para-hydroxylation sites is 1. The zero-order chi connectivity index (χ0) is 23.6. The summed E-state index contributed by atoms with van der Waals surface area (Å²) in [5, 5.41) is 9.25. The molecule has 3 aromatic rings. The van der Waals surface area contributed by atoms with Crippen LogP contribution in [0.5, 0.6) is 11.5 Å². The van der Waals surface area contributed by atoms with E-state index in [1.165, 1.54) is 17.8 Å². The molecule has 33 heavy (non-hydrogen) atoms. The number of imidazole rings is 1. The van der Waals surface area contributed by atoms with Crippen LogP contribution in [0, 0.1) is 0 Å². The van der Waals surface area contributed by atoms with E-state index >= 15 is 0 Å². The van der Waals surface area contributed by atoms with Crippen molar-refractivity contribution in [2.24, 2.45) is 0 Å². The third-order valence-electron chi connectivity index (χ3n) is 5.39. The molecule has 174 valence electrons. The molecule has 0 spiro atoms. The van der Waals surface area contributed by atoms with Crippen LogP contribution in [0.4, 0.5) is 0 Å². The third kappa shape index (κ3) is 4.62. The number of nitrogens with one attached hydrogen (secondary N) is 1. The Balaban J connectivity index is 1.66. The largest absolute Gasteiger partial charge is 0.456 e. The molecule has 2 N–H and O–H groups in total. The van der Waals surface area contributed by atoms with Crippen LogP contribution < -0.4 is 10.2 Å². The van der Waals surface area contributed by atoms with E-state index < -0.39 is 26.7 Å². The highest BCUT2D eigenvalue weighted by atomic mass is 32.2. The molecule has 0 unspecified atom stereocenters. The number of thioether (sulfide) groups is 1. The minimum atomic E-state index is -4.12. The fraction of sp³-hybridized carbons (Fsp3) is 0.273. The molecular formula is C22H24N4O5S2. The Kier molecular flexibility index (Phi) is 6.48. The average Bonchev–Trinajstić information content (AvgIpc) is 3.33. The van der Waals surface area contributed by atoms with Gasteiger partial charge in [-0.1, -0.05) is 12.1 Å². The van der Waals surface area contributed by atoms with E-state index in [2.05, 4.69) is 4.98 Å². The number of nitrogens with zero attached hydrogens (tertiary/aromatic N) is 3. The van der Waals surface area contributed by atoms with Crippen molar-refractivity contribution < 1.29 is 23.2 Å². The van der Waals surface area contributed by atoms with Crippen LogP contribution >= 0.6 is 11.8 Å². The van der Waals surface area contributed by atoms with E-state index in [1.807, 2.05) is 22.9 Å². The topological polar surface area (TPSA) is 114 Å². The van der Waals surface area contributed by atoms with Crippen LogP contribution in [0.15, 0.2) is 72.1 Å². The molecular weight excluding hydrogens is 464 g/mol. The van der Waals surface area contributed by atoms with Crippen molar-refractivity contribution in [3.63, 3.8) is 0 Å². The zero-order valence-electron chi connectivity index (χ0n) is 18.1. The van der Waals surface area contributed by atoms with Crippen molar-refractivity contribution in [2.75, 3.05) is 12.3 Å². The second-order valence-corrected chi connectivity index (χ2v) is 11.6. The van der Waals surface area contributed by atoms with Gasteiger partial charge >= 0.3 is 0 Å². The van der Waals surface area contributed by atoms with Gasteiger partial charge in [-0.2, -0.15) is 16.1 Å². The molecule has 1 aromatic heterocycles. The number of hydrogen-bond acceptors (Lipinski definition) is 7. The fourth-order valence-electron chi connectivity index (χ4n) is 3.82. The molecule has 2 heterocycles. The molecule has 2 aromatic carbocycles. The molecule has 0 aliphatic carbocycles. The van der Waals surface area contributed by atoms with E-state index in [0.717, 1.165) is 9.99 Å². The fourth-order valence-corrected chi connectivity index (χ4v) is 7.04. The summed E-state index contributed by atoms with van der Waals surface area (Å²) in [7, 11) is -4.12. The number of sulfonamides is 1. The van der Waals surface area contributed by atoms with Gasteiger partial charge in [-0.25, -0.2) is 18.9 Å². The standard InChI is InChI=1S/C22H24N4O5S2/c1-22(2)20(21(27)24-28)26(13-14-32-22)33(29,30)19-6-4-3-5-18(19)31-17-9-7-16(8-10-17)25-12-11-23-15-25/h3-12,15,20,28H,13-14H2,1-2H3,(H,24,27)/t20-/m1/s1.